The normalized spacial score (nSPS) is 27.4. The molecule has 1 aromatic rings. The second-order valence-electron chi connectivity index (χ2n) is 16.5. The third-order valence-corrected chi connectivity index (χ3v) is 14.0. The summed E-state index contributed by atoms with van der Waals surface area (Å²) in [5, 5.41) is 22.1. The van der Waals surface area contributed by atoms with E-state index in [0.717, 1.165) is 6.08 Å². The largest absolute Gasteiger partial charge is 0.448 e. The number of ether oxygens (including phenoxy) is 4. The summed E-state index contributed by atoms with van der Waals surface area (Å²) in [6, 6.07) is 4.08. The number of hydrogen-bond donors (Lipinski definition) is 6. The summed E-state index contributed by atoms with van der Waals surface area (Å²) in [7, 11) is 5.76. The van der Waals surface area contributed by atoms with Crippen molar-refractivity contribution in [1.29, 1.82) is 0 Å². The van der Waals surface area contributed by atoms with Crippen molar-refractivity contribution in [1.82, 2.24) is 20.9 Å². The lowest BCUT2D eigenvalue weighted by Crippen LogP contribution is -2.52. The van der Waals surface area contributed by atoms with Crippen molar-refractivity contribution in [3.8, 4) is 0 Å². The first-order valence-corrected chi connectivity index (χ1v) is 24.2. The first kappa shape index (κ1) is 52.2. The first-order valence-electron chi connectivity index (χ1n) is 21.7. The number of nitrogens with zero attached hydrogens (tertiary/aromatic N) is 1. The van der Waals surface area contributed by atoms with Crippen LogP contribution in [0.3, 0.4) is 0 Å². The molecule has 1 saturated heterocycles. The van der Waals surface area contributed by atoms with Crippen molar-refractivity contribution in [2.45, 2.75) is 90.4 Å². The molecule has 0 aromatic heterocycles. The molecule has 3 heterocycles. The number of nitrogens with one attached hydrogen (secondary N) is 4. The molecule has 67 heavy (non-hydrogen) atoms. The van der Waals surface area contributed by atoms with Gasteiger partial charge < -0.3 is 45.3 Å². The zero-order valence-corrected chi connectivity index (χ0v) is 39.8. The van der Waals surface area contributed by atoms with Gasteiger partial charge in [-0.1, -0.05) is 65.8 Å². The standard InChI is InChI=1S/C46H58N6O13S2/c1-24-19-29-38(48-15-17-66-67-18-16-64-46(61)50-31-11-8-10-28-30(31)23-52(44(28)59)33-13-14-37(54)51-43(33)58)34(53)22-32(40(29)56)49-42(57)25(2)9-7-12-35(62-5)41(65-45(47)60)27(4)21-26(3)39(55)36(20-24)63-6/h7-12,21-22,24,26,33,35-36,39,41,48,55H,13-20,23H2,1-6H3,(H2,47,60)(H,49,57)(H,50,61)(H,51,54,58)/b12-7-,25-9+,27-21+/t24-,26+,33?,35+,36+,39+,41+/m1/s1. The minimum absolute atomic E-state index is 0.0570. The predicted molar refractivity (Wildman–Crippen MR) is 250 cm³/mol. The summed E-state index contributed by atoms with van der Waals surface area (Å²) in [5.41, 5.74) is 7.50. The number of aliphatic hydroxyl groups is 1. The summed E-state index contributed by atoms with van der Waals surface area (Å²) in [6.45, 7) is 7.32. The molecular formula is C46H58N6O13S2. The first-order chi connectivity index (χ1) is 31.9. The third kappa shape index (κ3) is 13.7. The molecule has 362 valence electrons. The number of Topliss-reactive ketones (excluding diaryl/α,β-unsaturated/α-hetero) is 1. The fraction of sp³-hybridized carbons (Fsp3) is 0.478. The van der Waals surface area contributed by atoms with Gasteiger partial charge in [0.2, 0.25) is 23.4 Å². The van der Waals surface area contributed by atoms with Gasteiger partial charge in [-0.3, -0.25) is 39.4 Å². The molecule has 7 N–H and O–H groups in total. The molecule has 1 fully saturated rings. The van der Waals surface area contributed by atoms with E-state index in [2.05, 4.69) is 21.3 Å². The summed E-state index contributed by atoms with van der Waals surface area (Å²) >= 11 is 0. The Labute approximate surface area is 396 Å². The molecule has 3 aliphatic heterocycles. The van der Waals surface area contributed by atoms with Crippen molar-refractivity contribution in [2.75, 3.05) is 44.2 Å². The average Bonchev–Trinajstić information content (AvgIpc) is 3.62. The topological polar surface area (TPSA) is 271 Å². The number of hydrogen-bond acceptors (Lipinski definition) is 16. The molecule has 19 nitrogen and oxygen atoms in total. The number of allylic oxidation sites excluding steroid dienone is 4. The van der Waals surface area contributed by atoms with Crippen molar-refractivity contribution in [3.05, 3.63) is 87.8 Å². The van der Waals surface area contributed by atoms with Gasteiger partial charge in [-0.2, -0.15) is 0 Å². The number of methoxy groups -OCH3 is 2. The van der Waals surface area contributed by atoms with E-state index < -0.39 is 71.9 Å². The number of rotatable bonds is 13. The Morgan fingerprint density at radius 1 is 1.01 bits per heavy atom. The van der Waals surface area contributed by atoms with Crippen LogP contribution in [0.1, 0.15) is 69.3 Å². The molecule has 0 spiro atoms. The Morgan fingerprint density at radius 2 is 1.76 bits per heavy atom. The van der Waals surface area contributed by atoms with Crippen molar-refractivity contribution >= 4 is 74.7 Å². The number of imide groups is 1. The molecular weight excluding hydrogens is 909 g/mol. The lowest BCUT2D eigenvalue weighted by molar-refractivity contribution is -0.137. The van der Waals surface area contributed by atoms with Crippen LogP contribution >= 0.6 is 21.6 Å². The maximum atomic E-state index is 14.1. The highest BCUT2D eigenvalue weighted by molar-refractivity contribution is 8.76. The minimum atomic E-state index is -1.03. The van der Waals surface area contributed by atoms with Crippen LogP contribution in [0, 0.1) is 11.8 Å². The Balaban J connectivity index is 1.19. The van der Waals surface area contributed by atoms with Gasteiger partial charge in [-0.15, -0.1) is 0 Å². The third-order valence-electron chi connectivity index (χ3n) is 11.6. The van der Waals surface area contributed by atoms with Gasteiger partial charge in [0, 0.05) is 85.2 Å². The highest BCUT2D eigenvalue weighted by atomic mass is 33.1. The lowest BCUT2D eigenvalue weighted by atomic mass is 9.85. The smallest absolute Gasteiger partial charge is 0.411 e. The molecule has 4 aliphatic rings. The van der Waals surface area contributed by atoms with E-state index >= 15 is 0 Å². The van der Waals surface area contributed by atoms with Gasteiger partial charge in [0.05, 0.1) is 23.6 Å². The summed E-state index contributed by atoms with van der Waals surface area (Å²) in [4.78, 5) is 104. The maximum Gasteiger partial charge on any atom is 0.411 e. The quantitative estimate of drug-likeness (QED) is 0.0540. The second-order valence-corrected chi connectivity index (χ2v) is 19.2. The van der Waals surface area contributed by atoms with Crippen LogP contribution in [-0.2, 0) is 49.5 Å². The SMILES string of the molecule is CO[C@H]1/C=C\C=C(/C)C(=O)NC2=CC(=O)C(NCCSSCCOC(=O)Nc3cccc4c3CN(C3CCC(=O)NC3=O)C4=O)=C(C[C@@H](C)C[C@H](OC)[C@@H](O)[C@@H](C)/C=C(\C)[C@@H]1OC(N)=O)C2=O. The molecule has 21 heteroatoms. The van der Waals surface area contributed by atoms with E-state index in [-0.39, 0.29) is 85.7 Å². The van der Waals surface area contributed by atoms with E-state index in [4.69, 9.17) is 24.7 Å². The van der Waals surface area contributed by atoms with Gasteiger partial charge >= 0.3 is 12.2 Å². The molecule has 5 rings (SSSR count). The highest BCUT2D eigenvalue weighted by Crippen LogP contribution is 2.33. The number of piperidine rings is 1. The molecule has 7 atom stereocenters. The summed E-state index contributed by atoms with van der Waals surface area (Å²) < 4.78 is 22.1. The number of carbonyl (C=O) groups is 8. The van der Waals surface area contributed by atoms with Crippen LogP contribution < -0.4 is 27.0 Å². The van der Waals surface area contributed by atoms with Gasteiger partial charge in [0.1, 0.15) is 18.8 Å². The molecule has 0 radical (unpaired) electrons. The molecule has 1 aliphatic carbocycles. The average molecular weight is 967 g/mol. The fourth-order valence-corrected chi connectivity index (χ4v) is 9.86. The molecule has 0 saturated carbocycles. The number of aliphatic hydroxyl groups excluding tert-OH is 1. The van der Waals surface area contributed by atoms with Gasteiger partial charge in [0.15, 0.2) is 6.10 Å². The van der Waals surface area contributed by atoms with E-state index in [1.807, 2.05) is 6.92 Å². The summed E-state index contributed by atoms with van der Waals surface area (Å²) in [6.07, 6.45) is 2.86. The molecule has 1 unspecified atom stereocenters. The van der Waals surface area contributed by atoms with Crippen molar-refractivity contribution < 1.29 is 62.4 Å². The second kappa shape index (κ2) is 24.3. The monoisotopic (exact) mass is 966 g/mol. The maximum absolute atomic E-state index is 14.1. The van der Waals surface area contributed by atoms with E-state index in [1.165, 1.54) is 59.8 Å². The number of nitrogens with two attached hydrogens (primary N) is 1. The van der Waals surface area contributed by atoms with Gasteiger partial charge in [-0.25, -0.2) is 9.59 Å². The number of ketones is 2. The molecule has 6 amide bonds. The number of carbonyl (C=O) groups excluding carboxylic acids is 8. The Bertz CT molecular complexity index is 2280. The predicted octanol–water partition coefficient (Wildman–Crippen LogP) is 3.74. The van der Waals surface area contributed by atoms with E-state index in [9.17, 15) is 43.5 Å². The lowest BCUT2D eigenvalue weighted by Gasteiger charge is -2.30. The number of fused-ring (bicyclic) bond motifs is 3. The number of benzene rings is 1. The zero-order chi connectivity index (χ0) is 48.9. The molecule has 2 bridgehead atoms. The number of primary amides is 1. The van der Waals surface area contributed by atoms with Crippen LogP contribution in [0.15, 0.2) is 76.7 Å². The fourth-order valence-electron chi connectivity index (χ4n) is 8.13. The summed E-state index contributed by atoms with van der Waals surface area (Å²) in [5.74, 6) is -2.84. The molecule has 1 aromatic carbocycles. The van der Waals surface area contributed by atoms with Crippen molar-refractivity contribution in [3.63, 3.8) is 0 Å². The van der Waals surface area contributed by atoms with E-state index in [0.29, 0.717) is 33.9 Å². The van der Waals surface area contributed by atoms with Crippen LogP contribution in [0.2, 0.25) is 0 Å². The van der Waals surface area contributed by atoms with Crippen LogP contribution in [0.4, 0.5) is 15.3 Å². The number of anilines is 1. The zero-order valence-electron chi connectivity index (χ0n) is 38.2. The van der Waals surface area contributed by atoms with Crippen LogP contribution in [-0.4, -0.2) is 127 Å². The Hall–Kier alpha value is -5.74. The Morgan fingerprint density at radius 3 is 2.46 bits per heavy atom. The van der Waals surface area contributed by atoms with Crippen LogP contribution in [0.5, 0.6) is 0 Å². The number of amides is 6. The van der Waals surface area contributed by atoms with Crippen molar-refractivity contribution in [2.24, 2.45) is 17.6 Å². The highest BCUT2D eigenvalue weighted by Gasteiger charge is 2.40. The minimum Gasteiger partial charge on any atom is -0.448 e. The Kier molecular flexibility index (Phi) is 19.0. The van der Waals surface area contributed by atoms with Gasteiger partial charge in [-0.05, 0) is 56.7 Å². The van der Waals surface area contributed by atoms with Crippen LogP contribution in [0.25, 0.3) is 0 Å². The van der Waals surface area contributed by atoms with E-state index in [1.54, 1.807) is 44.2 Å². The van der Waals surface area contributed by atoms with Gasteiger partial charge in [0.25, 0.3) is 11.8 Å².